The molecular weight excluding hydrogens is 365 g/mol. The van der Waals surface area contributed by atoms with Gasteiger partial charge in [0.2, 0.25) is 5.95 Å². The van der Waals surface area contributed by atoms with Gasteiger partial charge in [-0.25, -0.2) is 14.2 Å². The molecule has 9 heteroatoms. The molecule has 0 amide bonds. The summed E-state index contributed by atoms with van der Waals surface area (Å²) >= 11 is 0. The average Bonchev–Trinajstić information content (AvgIpc) is 3.04. The van der Waals surface area contributed by atoms with Gasteiger partial charge in [0.15, 0.2) is 23.0 Å². The minimum absolute atomic E-state index is 0.0352. The van der Waals surface area contributed by atoms with Crippen molar-refractivity contribution >= 4 is 40.0 Å². The van der Waals surface area contributed by atoms with E-state index in [1.807, 2.05) is 0 Å². The zero-order chi connectivity index (χ0) is 19.7. The number of H-pyrrole nitrogens is 1. The Kier molecular flexibility index (Phi) is 4.32. The molecule has 0 saturated heterocycles. The number of rotatable bonds is 5. The molecule has 8 nitrogen and oxygen atoms in total. The number of carbonyl (C=O) groups excluding carboxylic acids is 1. The topological polar surface area (TPSA) is 113 Å². The molecule has 0 atom stereocenters. The largest absolute Gasteiger partial charge is 0.417 e. The normalized spacial score (nSPS) is 10.8. The maximum absolute atomic E-state index is 14.1. The van der Waals surface area contributed by atoms with Gasteiger partial charge < -0.3 is 15.1 Å². The van der Waals surface area contributed by atoms with Crippen LogP contribution in [0.2, 0.25) is 0 Å². The lowest BCUT2D eigenvalue weighted by atomic mass is 10.1. The van der Waals surface area contributed by atoms with Gasteiger partial charge in [0.1, 0.15) is 0 Å². The van der Waals surface area contributed by atoms with E-state index in [1.54, 1.807) is 42.5 Å². The molecule has 0 radical (unpaired) electrons. The number of oxazole rings is 1. The van der Waals surface area contributed by atoms with Crippen molar-refractivity contribution in [3.05, 3.63) is 70.6 Å². The molecule has 4 rings (SSSR count). The third-order valence-electron chi connectivity index (χ3n) is 3.97. The number of aromatic amines is 1. The van der Waals surface area contributed by atoms with E-state index < -0.39 is 11.6 Å². The highest BCUT2D eigenvalue weighted by Crippen LogP contribution is 2.23. The Morgan fingerprint density at radius 1 is 1.11 bits per heavy atom. The number of halogens is 1. The van der Waals surface area contributed by atoms with Crippen molar-refractivity contribution in [2.45, 2.75) is 6.92 Å². The van der Waals surface area contributed by atoms with E-state index in [9.17, 15) is 14.0 Å². The molecule has 0 aliphatic carbocycles. The summed E-state index contributed by atoms with van der Waals surface area (Å²) in [5.74, 6) is -1.10. The second-order valence-corrected chi connectivity index (χ2v) is 6.00. The van der Waals surface area contributed by atoms with Gasteiger partial charge in [-0.1, -0.05) is 0 Å². The number of carbonyl (C=O) groups is 1. The summed E-state index contributed by atoms with van der Waals surface area (Å²) in [5, 5.41) is 5.80. The first-order valence-corrected chi connectivity index (χ1v) is 8.28. The predicted octanol–water partition coefficient (Wildman–Crippen LogP) is 3.74. The smallest absolute Gasteiger partial charge is 0.408 e. The molecule has 0 aliphatic rings. The van der Waals surface area contributed by atoms with E-state index in [0.717, 1.165) is 6.20 Å². The van der Waals surface area contributed by atoms with Crippen LogP contribution in [0.4, 0.5) is 27.5 Å². The van der Waals surface area contributed by atoms with Crippen LogP contribution < -0.4 is 16.4 Å². The molecule has 2 heterocycles. The molecule has 0 saturated carbocycles. The van der Waals surface area contributed by atoms with Gasteiger partial charge in [0.25, 0.3) is 0 Å². The quantitative estimate of drug-likeness (QED) is 0.453. The average molecular weight is 379 g/mol. The van der Waals surface area contributed by atoms with Crippen LogP contribution in [0.15, 0.2) is 57.9 Å². The predicted molar refractivity (Wildman–Crippen MR) is 102 cm³/mol. The SMILES string of the molecule is CC(=O)c1ccc(Nc2ncc(F)c(Nc3ccc4oc(=O)[nH]c4c3)n2)cc1. The first-order valence-electron chi connectivity index (χ1n) is 8.28. The molecule has 140 valence electrons. The minimum Gasteiger partial charge on any atom is -0.408 e. The van der Waals surface area contributed by atoms with Crippen LogP contribution >= 0.6 is 0 Å². The molecule has 2 aromatic carbocycles. The number of anilines is 4. The Balaban J connectivity index is 1.57. The van der Waals surface area contributed by atoms with Crippen molar-refractivity contribution in [3.8, 4) is 0 Å². The van der Waals surface area contributed by atoms with Crippen molar-refractivity contribution in [2.75, 3.05) is 10.6 Å². The van der Waals surface area contributed by atoms with Gasteiger partial charge in [-0.2, -0.15) is 4.98 Å². The van der Waals surface area contributed by atoms with Crippen LogP contribution in [0.3, 0.4) is 0 Å². The Hall–Kier alpha value is -4.01. The maximum atomic E-state index is 14.1. The van der Waals surface area contributed by atoms with Gasteiger partial charge in [-0.15, -0.1) is 0 Å². The molecular formula is C19H14FN5O3. The van der Waals surface area contributed by atoms with E-state index in [0.29, 0.717) is 28.0 Å². The molecule has 0 spiro atoms. The highest BCUT2D eigenvalue weighted by molar-refractivity contribution is 5.94. The van der Waals surface area contributed by atoms with Crippen LogP contribution in [-0.2, 0) is 0 Å². The molecule has 3 N–H and O–H groups in total. The van der Waals surface area contributed by atoms with Crippen molar-refractivity contribution in [2.24, 2.45) is 0 Å². The lowest BCUT2D eigenvalue weighted by molar-refractivity contribution is 0.101. The number of ketones is 1. The molecule has 0 fully saturated rings. The summed E-state index contributed by atoms with van der Waals surface area (Å²) in [6.07, 6.45) is 1.04. The lowest BCUT2D eigenvalue weighted by Gasteiger charge is -2.10. The van der Waals surface area contributed by atoms with Crippen LogP contribution in [-0.4, -0.2) is 20.7 Å². The minimum atomic E-state index is -0.640. The van der Waals surface area contributed by atoms with E-state index in [-0.39, 0.29) is 17.5 Å². The number of aromatic nitrogens is 3. The fourth-order valence-corrected chi connectivity index (χ4v) is 2.60. The number of fused-ring (bicyclic) bond motifs is 1. The first-order chi connectivity index (χ1) is 13.5. The maximum Gasteiger partial charge on any atom is 0.417 e. The monoisotopic (exact) mass is 379 g/mol. The number of nitrogens with one attached hydrogen (secondary N) is 3. The summed E-state index contributed by atoms with van der Waals surface area (Å²) in [4.78, 5) is 33.2. The van der Waals surface area contributed by atoms with Crippen LogP contribution in [0.5, 0.6) is 0 Å². The second-order valence-electron chi connectivity index (χ2n) is 6.00. The number of hydrogen-bond acceptors (Lipinski definition) is 7. The summed E-state index contributed by atoms with van der Waals surface area (Å²) in [6.45, 7) is 1.49. The number of benzene rings is 2. The Labute approximate surface area is 157 Å². The first kappa shape index (κ1) is 17.4. The molecule has 2 aromatic heterocycles. The molecule has 0 bridgehead atoms. The number of Topliss-reactive ketones (excluding diaryl/α,β-unsaturated/α-hetero) is 1. The van der Waals surface area contributed by atoms with E-state index in [1.165, 1.54) is 6.92 Å². The van der Waals surface area contributed by atoms with Crippen LogP contribution in [0.1, 0.15) is 17.3 Å². The number of hydrogen-bond donors (Lipinski definition) is 3. The molecule has 28 heavy (non-hydrogen) atoms. The summed E-state index contributed by atoms with van der Waals surface area (Å²) in [7, 11) is 0. The zero-order valence-electron chi connectivity index (χ0n) is 14.6. The standard InChI is InChI=1S/C19H14FN5O3/c1-10(26)11-2-4-12(5-3-11)23-18-21-9-14(20)17(25-18)22-13-6-7-16-15(8-13)24-19(27)28-16/h2-9H,1H3,(H,24,27)(H2,21,22,23,25). The summed E-state index contributed by atoms with van der Waals surface area (Å²) in [6, 6.07) is 11.6. The Morgan fingerprint density at radius 2 is 1.86 bits per heavy atom. The van der Waals surface area contributed by atoms with Gasteiger partial charge in [0, 0.05) is 16.9 Å². The fourth-order valence-electron chi connectivity index (χ4n) is 2.60. The fraction of sp³-hybridized carbons (Fsp3) is 0.0526. The molecule has 0 aliphatic heterocycles. The Morgan fingerprint density at radius 3 is 2.61 bits per heavy atom. The highest BCUT2D eigenvalue weighted by Gasteiger charge is 2.10. The molecule has 4 aromatic rings. The summed E-state index contributed by atoms with van der Waals surface area (Å²) in [5.41, 5.74) is 2.63. The molecule has 0 unspecified atom stereocenters. The Bertz CT molecular complexity index is 1230. The van der Waals surface area contributed by atoms with Gasteiger partial charge in [-0.05, 0) is 49.4 Å². The summed E-state index contributed by atoms with van der Waals surface area (Å²) < 4.78 is 19.1. The zero-order valence-corrected chi connectivity index (χ0v) is 14.6. The second kappa shape index (κ2) is 6.95. The third kappa shape index (κ3) is 3.58. The third-order valence-corrected chi connectivity index (χ3v) is 3.97. The highest BCUT2D eigenvalue weighted by atomic mass is 19.1. The van der Waals surface area contributed by atoms with Gasteiger partial charge in [-0.3, -0.25) is 9.78 Å². The van der Waals surface area contributed by atoms with Crippen molar-refractivity contribution in [1.29, 1.82) is 0 Å². The van der Waals surface area contributed by atoms with E-state index in [4.69, 9.17) is 4.42 Å². The van der Waals surface area contributed by atoms with Crippen molar-refractivity contribution < 1.29 is 13.6 Å². The number of nitrogens with zero attached hydrogens (tertiary/aromatic N) is 2. The van der Waals surface area contributed by atoms with Crippen molar-refractivity contribution in [1.82, 2.24) is 15.0 Å². The van der Waals surface area contributed by atoms with Gasteiger partial charge >= 0.3 is 5.76 Å². The van der Waals surface area contributed by atoms with E-state index >= 15 is 0 Å². The van der Waals surface area contributed by atoms with Gasteiger partial charge in [0.05, 0.1) is 11.7 Å². The van der Waals surface area contributed by atoms with Crippen molar-refractivity contribution in [3.63, 3.8) is 0 Å². The van der Waals surface area contributed by atoms with Crippen LogP contribution in [0.25, 0.3) is 11.1 Å². The van der Waals surface area contributed by atoms with E-state index in [2.05, 4.69) is 25.6 Å². The van der Waals surface area contributed by atoms with Crippen LogP contribution in [0, 0.1) is 5.82 Å². The lowest BCUT2D eigenvalue weighted by Crippen LogP contribution is -2.03.